The van der Waals surface area contributed by atoms with Gasteiger partial charge in [-0.15, -0.1) is 0 Å². The number of amides is 1. The van der Waals surface area contributed by atoms with E-state index in [4.69, 9.17) is 23.2 Å². The van der Waals surface area contributed by atoms with E-state index < -0.39 is 0 Å². The second kappa shape index (κ2) is 7.29. The van der Waals surface area contributed by atoms with Crippen LogP contribution in [-0.4, -0.2) is 12.5 Å². The van der Waals surface area contributed by atoms with E-state index >= 15 is 0 Å². The molecular weight excluding hydrogens is 295 g/mol. The van der Waals surface area contributed by atoms with Crippen molar-refractivity contribution in [3.63, 3.8) is 0 Å². The van der Waals surface area contributed by atoms with Gasteiger partial charge in [0.15, 0.2) is 0 Å². The molecule has 3 nitrogen and oxygen atoms in total. The van der Waals surface area contributed by atoms with Crippen molar-refractivity contribution in [2.45, 2.75) is 6.54 Å². The molecule has 2 N–H and O–H groups in total. The zero-order valence-electron chi connectivity index (χ0n) is 10.7. The third-order valence-electron chi connectivity index (χ3n) is 2.67. The molecule has 0 unspecified atom stereocenters. The van der Waals surface area contributed by atoms with Gasteiger partial charge in [0.1, 0.15) is 0 Å². The van der Waals surface area contributed by atoms with Crippen LogP contribution < -0.4 is 10.6 Å². The molecule has 0 heterocycles. The number of hydrogen-bond acceptors (Lipinski definition) is 2. The quantitative estimate of drug-likeness (QED) is 0.884. The Balaban J connectivity index is 1.80. The Bertz CT molecular complexity index is 602. The van der Waals surface area contributed by atoms with Crippen LogP contribution in [0.15, 0.2) is 48.5 Å². The van der Waals surface area contributed by atoms with Gasteiger partial charge in [-0.05, 0) is 29.8 Å². The first-order valence-electron chi connectivity index (χ1n) is 6.15. The number of hydrogen-bond donors (Lipinski definition) is 2. The molecule has 0 aliphatic heterocycles. The summed E-state index contributed by atoms with van der Waals surface area (Å²) >= 11 is 11.9. The summed E-state index contributed by atoms with van der Waals surface area (Å²) in [6.45, 7) is 0.750. The second-order valence-corrected chi connectivity index (χ2v) is 5.10. The summed E-state index contributed by atoms with van der Waals surface area (Å²) in [6.07, 6.45) is 0. The van der Waals surface area contributed by atoms with E-state index in [9.17, 15) is 4.79 Å². The van der Waals surface area contributed by atoms with Crippen LogP contribution >= 0.6 is 23.2 Å². The van der Waals surface area contributed by atoms with Gasteiger partial charge in [-0.3, -0.25) is 4.79 Å². The average Bonchev–Trinajstić information content (AvgIpc) is 2.41. The van der Waals surface area contributed by atoms with Gasteiger partial charge in [-0.1, -0.05) is 47.5 Å². The van der Waals surface area contributed by atoms with Crippen LogP contribution in [0.1, 0.15) is 5.56 Å². The Morgan fingerprint density at radius 1 is 1.05 bits per heavy atom. The predicted octanol–water partition coefficient (Wildman–Crippen LogP) is 3.72. The van der Waals surface area contributed by atoms with Crippen LogP contribution in [0.3, 0.4) is 0 Å². The van der Waals surface area contributed by atoms with Gasteiger partial charge in [0, 0.05) is 22.3 Å². The third-order valence-corrected chi connectivity index (χ3v) is 3.27. The van der Waals surface area contributed by atoms with E-state index in [1.165, 1.54) is 0 Å². The van der Waals surface area contributed by atoms with Gasteiger partial charge in [0.2, 0.25) is 5.91 Å². The third kappa shape index (κ3) is 4.53. The first kappa shape index (κ1) is 14.9. The molecule has 2 aromatic rings. The summed E-state index contributed by atoms with van der Waals surface area (Å²) < 4.78 is 0. The molecule has 5 heteroatoms. The lowest BCUT2D eigenvalue weighted by atomic mass is 10.2. The highest BCUT2D eigenvalue weighted by Gasteiger charge is 2.03. The van der Waals surface area contributed by atoms with E-state index in [0.717, 1.165) is 5.56 Å². The Labute approximate surface area is 127 Å². The number of halogens is 2. The van der Waals surface area contributed by atoms with Gasteiger partial charge in [-0.2, -0.15) is 0 Å². The lowest BCUT2D eigenvalue weighted by molar-refractivity contribution is -0.115. The Morgan fingerprint density at radius 3 is 2.60 bits per heavy atom. The molecule has 0 atom stereocenters. The van der Waals surface area contributed by atoms with Crippen molar-refractivity contribution in [2.24, 2.45) is 0 Å². The fraction of sp³-hybridized carbons (Fsp3) is 0.133. The second-order valence-electron chi connectivity index (χ2n) is 4.25. The molecular formula is C15H14Cl2N2O. The van der Waals surface area contributed by atoms with Crippen LogP contribution in [0.25, 0.3) is 0 Å². The largest absolute Gasteiger partial charge is 0.325 e. The van der Waals surface area contributed by atoms with Crippen molar-refractivity contribution in [1.82, 2.24) is 5.32 Å². The van der Waals surface area contributed by atoms with Gasteiger partial charge < -0.3 is 10.6 Å². The van der Waals surface area contributed by atoms with E-state index in [0.29, 0.717) is 22.3 Å². The molecule has 104 valence electrons. The Morgan fingerprint density at radius 2 is 1.85 bits per heavy atom. The minimum Gasteiger partial charge on any atom is -0.325 e. The number of anilines is 1. The fourth-order valence-electron chi connectivity index (χ4n) is 1.72. The molecule has 20 heavy (non-hydrogen) atoms. The molecule has 0 fully saturated rings. The number of rotatable bonds is 5. The van der Waals surface area contributed by atoms with Crippen molar-refractivity contribution in [2.75, 3.05) is 11.9 Å². The molecule has 0 aliphatic carbocycles. The standard InChI is InChI=1S/C15H14Cl2N2O/c16-12-5-3-6-13(8-12)19-15(20)10-18-9-11-4-1-2-7-14(11)17/h1-8,18H,9-10H2,(H,19,20). The highest BCUT2D eigenvalue weighted by atomic mass is 35.5. The average molecular weight is 309 g/mol. The van der Waals surface area contributed by atoms with Gasteiger partial charge in [-0.25, -0.2) is 0 Å². The van der Waals surface area contributed by atoms with Crippen LogP contribution in [-0.2, 0) is 11.3 Å². The minimum atomic E-state index is -0.126. The fourth-order valence-corrected chi connectivity index (χ4v) is 2.12. The summed E-state index contributed by atoms with van der Waals surface area (Å²) in [5.41, 5.74) is 1.65. The normalized spacial score (nSPS) is 10.3. The molecule has 0 bridgehead atoms. The SMILES string of the molecule is O=C(CNCc1ccccc1Cl)Nc1cccc(Cl)c1. The lowest BCUT2D eigenvalue weighted by Gasteiger charge is -2.08. The smallest absolute Gasteiger partial charge is 0.238 e. The van der Waals surface area contributed by atoms with Crippen LogP contribution in [0, 0.1) is 0 Å². The van der Waals surface area contributed by atoms with Crippen LogP contribution in [0.4, 0.5) is 5.69 Å². The maximum absolute atomic E-state index is 11.7. The van der Waals surface area contributed by atoms with Crippen molar-refractivity contribution < 1.29 is 4.79 Å². The highest BCUT2D eigenvalue weighted by Crippen LogP contribution is 2.15. The molecule has 1 amide bonds. The summed E-state index contributed by atoms with van der Waals surface area (Å²) in [6, 6.07) is 14.6. The summed E-state index contributed by atoms with van der Waals surface area (Å²) in [7, 11) is 0. The molecule has 0 saturated heterocycles. The van der Waals surface area contributed by atoms with Crippen LogP contribution in [0.2, 0.25) is 10.0 Å². The first-order valence-corrected chi connectivity index (χ1v) is 6.90. The first-order chi connectivity index (χ1) is 9.65. The topological polar surface area (TPSA) is 41.1 Å². The van der Waals surface area contributed by atoms with E-state index in [-0.39, 0.29) is 12.5 Å². The van der Waals surface area contributed by atoms with E-state index in [1.54, 1.807) is 24.3 Å². The molecule has 2 rings (SSSR count). The molecule has 0 saturated carbocycles. The lowest BCUT2D eigenvalue weighted by Crippen LogP contribution is -2.27. The molecule has 0 spiro atoms. The molecule has 0 aromatic heterocycles. The summed E-state index contributed by atoms with van der Waals surface area (Å²) in [5, 5.41) is 7.09. The number of nitrogens with one attached hydrogen (secondary N) is 2. The minimum absolute atomic E-state index is 0.126. The molecule has 0 aliphatic rings. The van der Waals surface area contributed by atoms with Gasteiger partial charge in [0.05, 0.1) is 6.54 Å². The summed E-state index contributed by atoms with van der Waals surface area (Å²) in [5.74, 6) is -0.126. The predicted molar refractivity (Wildman–Crippen MR) is 83.2 cm³/mol. The van der Waals surface area contributed by atoms with Crippen molar-refractivity contribution in [3.8, 4) is 0 Å². The van der Waals surface area contributed by atoms with E-state index in [1.807, 2.05) is 24.3 Å². The number of carbonyl (C=O) groups excluding carboxylic acids is 1. The monoisotopic (exact) mass is 308 g/mol. The zero-order valence-corrected chi connectivity index (χ0v) is 12.2. The van der Waals surface area contributed by atoms with Gasteiger partial charge >= 0.3 is 0 Å². The number of benzene rings is 2. The van der Waals surface area contributed by atoms with Crippen LogP contribution in [0.5, 0.6) is 0 Å². The van der Waals surface area contributed by atoms with Crippen molar-refractivity contribution in [1.29, 1.82) is 0 Å². The summed E-state index contributed by atoms with van der Waals surface area (Å²) in [4.78, 5) is 11.7. The zero-order chi connectivity index (χ0) is 14.4. The van der Waals surface area contributed by atoms with E-state index in [2.05, 4.69) is 10.6 Å². The Kier molecular flexibility index (Phi) is 5.41. The Hall–Kier alpha value is -1.55. The maximum atomic E-state index is 11.7. The highest BCUT2D eigenvalue weighted by molar-refractivity contribution is 6.31. The van der Waals surface area contributed by atoms with Crippen molar-refractivity contribution in [3.05, 3.63) is 64.1 Å². The number of carbonyl (C=O) groups is 1. The molecule has 2 aromatic carbocycles. The maximum Gasteiger partial charge on any atom is 0.238 e. The van der Waals surface area contributed by atoms with Crippen molar-refractivity contribution >= 4 is 34.8 Å². The van der Waals surface area contributed by atoms with Gasteiger partial charge in [0.25, 0.3) is 0 Å². The molecule has 0 radical (unpaired) electrons.